The van der Waals surface area contributed by atoms with Crippen molar-refractivity contribution in [2.24, 2.45) is 0 Å². The third-order valence-corrected chi connectivity index (χ3v) is 5.59. The fraction of sp³-hybridized carbons (Fsp3) is 0.296. The number of rotatable bonds is 9. The molecule has 2 aromatic carbocycles. The highest BCUT2D eigenvalue weighted by Gasteiger charge is 2.20. The molecular weight excluding hydrogens is 456 g/mol. The zero-order valence-electron chi connectivity index (χ0n) is 20.8. The summed E-state index contributed by atoms with van der Waals surface area (Å²) >= 11 is 0. The molecule has 9 nitrogen and oxygen atoms in total. The number of furan rings is 1. The van der Waals surface area contributed by atoms with Crippen LogP contribution in [0.15, 0.2) is 65.3 Å². The summed E-state index contributed by atoms with van der Waals surface area (Å²) in [5.74, 6) is 2.34. The fourth-order valence-corrected chi connectivity index (χ4v) is 3.70. The van der Waals surface area contributed by atoms with E-state index in [9.17, 15) is 0 Å². The molecule has 0 radical (unpaired) electrons. The van der Waals surface area contributed by atoms with Crippen molar-refractivity contribution in [3.63, 3.8) is 0 Å². The predicted molar refractivity (Wildman–Crippen MR) is 138 cm³/mol. The number of H-pyrrole nitrogens is 1. The van der Waals surface area contributed by atoms with Crippen molar-refractivity contribution in [3.05, 3.63) is 72.4 Å². The summed E-state index contributed by atoms with van der Waals surface area (Å²) in [5, 5.41) is 14.4. The summed E-state index contributed by atoms with van der Waals surface area (Å²) in [6, 6.07) is 18.0. The molecule has 36 heavy (non-hydrogen) atoms. The Morgan fingerprint density at radius 3 is 2.44 bits per heavy atom. The van der Waals surface area contributed by atoms with E-state index in [1.54, 1.807) is 7.11 Å². The normalized spacial score (nSPS) is 10.8. The number of hydrogen-bond acceptors (Lipinski definition) is 8. The van der Waals surface area contributed by atoms with Gasteiger partial charge in [0.1, 0.15) is 17.8 Å². The number of benzene rings is 2. The zero-order chi connectivity index (χ0) is 25.2. The molecule has 3 aromatic heterocycles. The van der Waals surface area contributed by atoms with E-state index < -0.39 is 0 Å². The highest BCUT2D eigenvalue weighted by Crippen LogP contribution is 2.41. The standard InChI is InChI=1S/C20H16N2O2.C7H14N4O/c1-13-17-18(14-8-10-16(23-2)11-9-14)19(15-6-4-3-5-7-15)24-20(17)22-12-21-13;1-2-3-5-12-6-4-7-8-10-11-9-7/h3-12H,1-2H3;2-6H2,1H3,(H,8,9,10,11). The average Bonchev–Trinajstić information content (AvgIpc) is 3.58. The molecule has 0 atom stereocenters. The summed E-state index contributed by atoms with van der Waals surface area (Å²) in [5.41, 5.74) is 4.58. The van der Waals surface area contributed by atoms with E-state index in [1.807, 2.05) is 61.5 Å². The first-order valence-corrected chi connectivity index (χ1v) is 11.9. The first kappa shape index (κ1) is 25.0. The van der Waals surface area contributed by atoms with Crippen LogP contribution in [0.4, 0.5) is 0 Å². The fourth-order valence-electron chi connectivity index (χ4n) is 3.70. The number of fused-ring (bicyclic) bond motifs is 1. The van der Waals surface area contributed by atoms with E-state index in [4.69, 9.17) is 13.9 Å². The number of ether oxygens (including phenoxy) is 2. The van der Waals surface area contributed by atoms with Crippen LogP contribution in [0.2, 0.25) is 0 Å². The Morgan fingerprint density at radius 2 is 1.75 bits per heavy atom. The zero-order valence-corrected chi connectivity index (χ0v) is 20.8. The molecule has 1 N–H and O–H groups in total. The van der Waals surface area contributed by atoms with Gasteiger partial charge in [0.05, 0.1) is 24.8 Å². The molecule has 0 aliphatic carbocycles. The first-order valence-electron chi connectivity index (χ1n) is 11.9. The molecule has 5 rings (SSSR count). The van der Waals surface area contributed by atoms with E-state index in [1.165, 1.54) is 12.7 Å². The molecule has 3 heterocycles. The number of methoxy groups -OCH3 is 1. The van der Waals surface area contributed by atoms with Gasteiger partial charge in [-0.2, -0.15) is 5.21 Å². The van der Waals surface area contributed by atoms with Gasteiger partial charge in [0, 0.05) is 24.2 Å². The number of tetrazole rings is 1. The Kier molecular flexibility index (Phi) is 8.72. The number of nitrogens with one attached hydrogen (secondary N) is 1. The molecule has 0 fully saturated rings. The molecule has 0 spiro atoms. The third-order valence-electron chi connectivity index (χ3n) is 5.59. The summed E-state index contributed by atoms with van der Waals surface area (Å²) in [6.07, 6.45) is 4.56. The van der Waals surface area contributed by atoms with E-state index in [0.717, 1.165) is 58.7 Å². The lowest BCUT2D eigenvalue weighted by Gasteiger charge is -2.06. The minimum atomic E-state index is 0.604. The van der Waals surface area contributed by atoms with Crippen LogP contribution in [0.3, 0.4) is 0 Å². The van der Waals surface area contributed by atoms with E-state index in [2.05, 4.69) is 37.5 Å². The number of hydrogen-bond donors (Lipinski definition) is 1. The van der Waals surface area contributed by atoms with E-state index in [-0.39, 0.29) is 0 Å². The van der Waals surface area contributed by atoms with Gasteiger partial charge in [-0.1, -0.05) is 61.0 Å². The topological polar surface area (TPSA) is 112 Å². The molecule has 0 saturated heterocycles. The molecule has 0 aliphatic heterocycles. The number of unbranched alkanes of at least 4 members (excludes halogenated alkanes) is 1. The summed E-state index contributed by atoms with van der Waals surface area (Å²) < 4.78 is 16.7. The lowest BCUT2D eigenvalue weighted by atomic mass is 9.98. The van der Waals surface area contributed by atoms with Gasteiger partial charge in [-0.3, -0.25) is 0 Å². The summed E-state index contributed by atoms with van der Waals surface area (Å²) in [6.45, 7) is 5.62. The SMILES string of the molecule is CCCCOCCc1nn[nH]n1.COc1ccc(-c2c(-c3ccccc3)oc3ncnc(C)c23)cc1. The van der Waals surface area contributed by atoms with Crippen LogP contribution in [-0.4, -0.2) is 50.9 Å². The Bertz CT molecular complexity index is 1340. The highest BCUT2D eigenvalue weighted by molar-refractivity contribution is 6.01. The van der Waals surface area contributed by atoms with Crippen LogP contribution in [0.25, 0.3) is 33.6 Å². The molecule has 0 saturated carbocycles. The smallest absolute Gasteiger partial charge is 0.230 e. The largest absolute Gasteiger partial charge is 0.497 e. The van der Waals surface area contributed by atoms with Gasteiger partial charge in [0.25, 0.3) is 0 Å². The van der Waals surface area contributed by atoms with E-state index >= 15 is 0 Å². The van der Waals surface area contributed by atoms with Gasteiger partial charge in [-0.25, -0.2) is 9.97 Å². The Balaban J connectivity index is 0.000000214. The summed E-state index contributed by atoms with van der Waals surface area (Å²) in [4.78, 5) is 8.64. The molecule has 0 amide bonds. The lowest BCUT2D eigenvalue weighted by molar-refractivity contribution is 0.133. The quantitative estimate of drug-likeness (QED) is 0.274. The predicted octanol–water partition coefficient (Wildman–Crippen LogP) is 5.43. The van der Waals surface area contributed by atoms with Crippen LogP contribution < -0.4 is 4.74 Å². The van der Waals surface area contributed by atoms with Gasteiger partial charge in [-0.15, -0.1) is 10.2 Å². The second-order valence-electron chi connectivity index (χ2n) is 8.08. The van der Waals surface area contributed by atoms with E-state index in [0.29, 0.717) is 18.1 Å². The van der Waals surface area contributed by atoms with Crippen LogP contribution in [-0.2, 0) is 11.2 Å². The first-order chi connectivity index (χ1) is 17.7. The van der Waals surface area contributed by atoms with Gasteiger partial charge in [0.2, 0.25) is 5.71 Å². The maximum Gasteiger partial charge on any atom is 0.230 e. The van der Waals surface area contributed by atoms with Crippen molar-refractivity contribution < 1.29 is 13.9 Å². The Hall–Kier alpha value is -4.11. The van der Waals surface area contributed by atoms with Crippen LogP contribution in [0, 0.1) is 6.92 Å². The summed E-state index contributed by atoms with van der Waals surface area (Å²) in [7, 11) is 1.66. The molecule has 0 bridgehead atoms. The minimum absolute atomic E-state index is 0.604. The minimum Gasteiger partial charge on any atom is -0.497 e. The number of aryl methyl sites for hydroxylation is 1. The van der Waals surface area contributed by atoms with Crippen LogP contribution in [0.1, 0.15) is 31.3 Å². The molecule has 186 valence electrons. The van der Waals surface area contributed by atoms with Crippen molar-refractivity contribution in [2.75, 3.05) is 20.3 Å². The van der Waals surface area contributed by atoms with Crippen molar-refractivity contribution in [3.8, 4) is 28.2 Å². The molecule has 0 unspecified atom stereocenters. The van der Waals surface area contributed by atoms with Gasteiger partial charge in [-0.05, 0) is 31.0 Å². The van der Waals surface area contributed by atoms with Crippen molar-refractivity contribution >= 4 is 11.1 Å². The van der Waals surface area contributed by atoms with Crippen LogP contribution >= 0.6 is 0 Å². The highest BCUT2D eigenvalue weighted by atomic mass is 16.5. The lowest BCUT2D eigenvalue weighted by Crippen LogP contribution is -2.01. The molecule has 9 heteroatoms. The number of aromatic amines is 1. The number of nitrogens with zero attached hydrogens (tertiary/aromatic N) is 5. The van der Waals surface area contributed by atoms with Gasteiger partial charge >= 0.3 is 0 Å². The molecule has 5 aromatic rings. The molecular formula is C27H30N6O3. The third kappa shape index (κ3) is 6.11. The van der Waals surface area contributed by atoms with Crippen molar-refractivity contribution in [1.29, 1.82) is 0 Å². The average molecular weight is 487 g/mol. The maximum atomic E-state index is 6.09. The Morgan fingerprint density at radius 1 is 0.944 bits per heavy atom. The Labute approximate surface area is 209 Å². The second kappa shape index (κ2) is 12.6. The van der Waals surface area contributed by atoms with Crippen molar-refractivity contribution in [1.82, 2.24) is 30.6 Å². The van der Waals surface area contributed by atoms with Crippen LogP contribution in [0.5, 0.6) is 5.75 Å². The second-order valence-corrected chi connectivity index (χ2v) is 8.08. The number of aromatic nitrogens is 6. The van der Waals surface area contributed by atoms with Gasteiger partial charge < -0.3 is 13.9 Å². The monoisotopic (exact) mass is 486 g/mol. The molecule has 0 aliphatic rings. The van der Waals surface area contributed by atoms with Gasteiger partial charge in [0.15, 0.2) is 5.82 Å². The maximum absolute atomic E-state index is 6.09. The van der Waals surface area contributed by atoms with Crippen molar-refractivity contribution in [2.45, 2.75) is 33.1 Å².